The molecule has 1 saturated carbocycles. The summed E-state index contributed by atoms with van der Waals surface area (Å²) in [5.74, 6) is -0.256. The zero-order valence-electron chi connectivity index (χ0n) is 12.0. The van der Waals surface area contributed by atoms with Crippen LogP contribution in [0.2, 0.25) is 5.02 Å². The molecule has 2 N–H and O–H groups in total. The summed E-state index contributed by atoms with van der Waals surface area (Å²) in [4.78, 5) is 16.7. The van der Waals surface area contributed by atoms with Crippen LogP contribution in [-0.4, -0.2) is 28.1 Å². The molecule has 0 aliphatic heterocycles. The predicted octanol–water partition coefficient (Wildman–Crippen LogP) is 3.05. The van der Waals surface area contributed by atoms with Crippen molar-refractivity contribution in [3.05, 3.63) is 53.2 Å². The minimum atomic E-state index is -0.471. The Bertz CT molecular complexity index is 676. The van der Waals surface area contributed by atoms with E-state index in [4.69, 9.17) is 11.6 Å². The highest BCUT2D eigenvalue weighted by Gasteiger charge is 2.27. The van der Waals surface area contributed by atoms with Gasteiger partial charge in [0, 0.05) is 11.8 Å². The highest BCUT2D eigenvalue weighted by Crippen LogP contribution is 2.25. The average molecular weight is 317 g/mol. The summed E-state index contributed by atoms with van der Waals surface area (Å²) < 4.78 is 0. The monoisotopic (exact) mass is 316 g/mol. The number of rotatable bonds is 3. The first-order valence-electron chi connectivity index (χ1n) is 7.35. The molecule has 1 amide bonds. The maximum atomic E-state index is 12.4. The van der Waals surface area contributed by atoms with E-state index in [0.717, 1.165) is 30.5 Å². The summed E-state index contributed by atoms with van der Waals surface area (Å²) in [6.45, 7) is 0. The number of amides is 1. The van der Waals surface area contributed by atoms with Crippen molar-refractivity contribution in [3.63, 3.8) is 0 Å². The van der Waals surface area contributed by atoms with Crippen LogP contribution in [0.15, 0.2) is 42.6 Å². The van der Waals surface area contributed by atoms with Crippen LogP contribution in [0.1, 0.15) is 29.6 Å². The van der Waals surface area contributed by atoms with Crippen molar-refractivity contribution in [1.82, 2.24) is 10.3 Å². The van der Waals surface area contributed by atoms with Gasteiger partial charge in [-0.2, -0.15) is 0 Å². The number of nitrogens with zero attached hydrogens (tertiary/aromatic N) is 1. The number of aliphatic hydroxyl groups excluding tert-OH is 1. The molecule has 4 nitrogen and oxygen atoms in total. The molecule has 1 aromatic heterocycles. The van der Waals surface area contributed by atoms with E-state index in [1.807, 2.05) is 24.3 Å². The lowest BCUT2D eigenvalue weighted by Crippen LogP contribution is -2.39. The van der Waals surface area contributed by atoms with E-state index < -0.39 is 6.10 Å². The van der Waals surface area contributed by atoms with Crippen LogP contribution in [0, 0.1) is 0 Å². The molecule has 0 spiro atoms. The number of benzene rings is 1. The van der Waals surface area contributed by atoms with Gasteiger partial charge in [0.2, 0.25) is 0 Å². The number of carbonyl (C=O) groups excluding carboxylic acids is 1. The predicted molar refractivity (Wildman–Crippen MR) is 85.8 cm³/mol. The van der Waals surface area contributed by atoms with E-state index in [0.29, 0.717) is 10.6 Å². The summed E-state index contributed by atoms with van der Waals surface area (Å²) in [5.41, 5.74) is 2.03. The van der Waals surface area contributed by atoms with E-state index >= 15 is 0 Å². The first kappa shape index (κ1) is 15.0. The minimum absolute atomic E-state index is 0.193. The molecule has 0 saturated heterocycles. The molecule has 1 aromatic carbocycles. The van der Waals surface area contributed by atoms with Gasteiger partial charge < -0.3 is 10.4 Å². The summed E-state index contributed by atoms with van der Waals surface area (Å²) >= 11 is 6.16. The third kappa shape index (κ3) is 3.13. The normalized spacial score (nSPS) is 20.8. The zero-order chi connectivity index (χ0) is 15.5. The lowest BCUT2D eigenvalue weighted by Gasteiger charge is -2.17. The van der Waals surface area contributed by atoms with Crippen LogP contribution < -0.4 is 5.32 Å². The number of aromatic nitrogens is 1. The quantitative estimate of drug-likeness (QED) is 0.915. The summed E-state index contributed by atoms with van der Waals surface area (Å²) in [5, 5.41) is 13.1. The van der Waals surface area contributed by atoms with Crippen LogP contribution >= 0.6 is 11.6 Å². The van der Waals surface area contributed by atoms with Gasteiger partial charge in [0.15, 0.2) is 0 Å². The molecular formula is C17H17ClN2O2. The van der Waals surface area contributed by atoms with Gasteiger partial charge in [0.05, 0.1) is 28.4 Å². The first-order chi connectivity index (χ1) is 10.6. The van der Waals surface area contributed by atoms with Gasteiger partial charge in [-0.05, 0) is 43.5 Å². The molecule has 1 heterocycles. The van der Waals surface area contributed by atoms with Crippen LogP contribution in [0.5, 0.6) is 0 Å². The minimum Gasteiger partial charge on any atom is -0.391 e. The number of halogens is 1. The molecule has 2 aromatic rings. The SMILES string of the molecule is O=C(N[C@H]1CCC[C@H]1O)c1cc(-c2ccccn2)ccc1Cl. The fourth-order valence-electron chi connectivity index (χ4n) is 2.75. The highest BCUT2D eigenvalue weighted by atomic mass is 35.5. The van der Waals surface area contributed by atoms with Gasteiger partial charge in [-0.1, -0.05) is 23.7 Å². The third-order valence-corrected chi connectivity index (χ3v) is 4.30. The Morgan fingerprint density at radius 2 is 2.14 bits per heavy atom. The van der Waals surface area contributed by atoms with Gasteiger partial charge in [-0.3, -0.25) is 9.78 Å². The molecule has 114 valence electrons. The summed E-state index contributed by atoms with van der Waals surface area (Å²) in [6.07, 6.45) is 3.69. The lowest BCUT2D eigenvalue weighted by molar-refractivity contribution is 0.0873. The Morgan fingerprint density at radius 1 is 1.27 bits per heavy atom. The van der Waals surface area contributed by atoms with Crippen molar-refractivity contribution in [2.75, 3.05) is 0 Å². The number of carbonyl (C=O) groups is 1. The molecule has 3 rings (SSSR count). The van der Waals surface area contributed by atoms with Gasteiger partial charge in [0.1, 0.15) is 0 Å². The van der Waals surface area contributed by atoms with Gasteiger partial charge >= 0.3 is 0 Å². The van der Waals surface area contributed by atoms with Crippen molar-refractivity contribution in [3.8, 4) is 11.3 Å². The van der Waals surface area contributed by atoms with Crippen LogP contribution in [0.3, 0.4) is 0 Å². The summed E-state index contributed by atoms with van der Waals surface area (Å²) in [6, 6.07) is 10.7. The van der Waals surface area contributed by atoms with Gasteiger partial charge in [-0.25, -0.2) is 0 Å². The second kappa shape index (κ2) is 6.46. The lowest BCUT2D eigenvalue weighted by atomic mass is 10.1. The van der Waals surface area contributed by atoms with Crippen LogP contribution in [-0.2, 0) is 0 Å². The smallest absolute Gasteiger partial charge is 0.253 e. The third-order valence-electron chi connectivity index (χ3n) is 3.97. The Labute approximate surface area is 134 Å². The van der Waals surface area contributed by atoms with Crippen molar-refractivity contribution < 1.29 is 9.90 Å². The molecule has 5 heteroatoms. The molecule has 1 aliphatic carbocycles. The zero-order valence-corrected chi connectivity index (χ0v) is 12.8. The maximum Gasteiger partial charge on any atom is 0.253 e. The molecule has 1 aliphatic rings. The largest absolute Gasteiger partial charge is 0.391 e. The Kier molecular flexibility index (Phi) is 4.41. The van der Waals surface area contributed by atoms with E-state index in [9.17, 15) is 9.90 Å². The van der Waals surface area contributed by atoms with Crippen molar-refractivity contribution in [2.45, 2.75) is 31.4 Å². The van der Waals surface area contributed by atoms with E-state index in [2.05, 4.69) is 10.3 Å². The first-order valence-corrected chi connectivity index (χ1v) is 7.73. The maximum absolute atomic E-state index is 12.4. The number of hydrogen-bond donors (Lipinski definition) is 2. The topological polar surface area (TPSA) is 62.2 Å². The van der Waals surface area contributed by atoms with Crippen LogP contribution in [0.25, 0.3) is 11.3 Å². The average Bonchev–Trinajstić information content (AvgIpc) is 2.93. The molecule has 0 bridgehead atoms. The molecular weight excluding hydrogens is 300 g/mol. The molecule has 0 radical (unpaired) electrons. The number of hydrogen-bond acceptors (Lipinski definition) is 3. The number of aliphatic hydroxyl groups is 1. The fraction of sp³-hybridized carbons (Fsp3) is 0.294. The fourth-order valence-corrected chi connectivity index (χ4v) is 2.95. The summed E-state index contributed by atoms with van der Waals surface area (Å²) in [7, 11) is 0. The number of nitrogens with one attached hydrogen (secondary N) is 1. The highest BCUT2D eigenvalue weighted by molar-refractivity contribution is 6.34. The van der Waals surface area contributed by atoms with Crippen LogP contribution in [0.4, 0.5) is 0 Å². The second-order valence-corrected chi connectivity index (χ2v) is 5.90. The Balaban J connectivity index is 1.85. The Morgan fingerprint density at radius 3 is 2.82 bits per heavy atom. The second-order valence-electron chi connectivity index (χ2n) is 5.49. The molecule has 2 atom stereocenters. The van der Waals surface area contributed by atoms with Crippen molar-refractivity contribution in [2.24, 2.45) is 0 Å². The van der Waals surface area contributed by atoms with E-state index in [1.54, 1.807) is 18.3 Å². The van der Waals surface area contributed by atoms with Crippen molar-refractivity contribution in [1.29, 1.82) is 0 Å². The van der Waals surface area contributed by atoms with Gasteiger partial charge in [-0.15, -0.1) is 0 Å². The standard InChI is InChI=1S/C17H17ClN2O2/c18-13-8-7-11(14-4-1-2-9-19-14)10-12(13)17(22)20-15-5-3-6-16(15)21/h1-2,4,7-10,15-16,21H,3,5-6H2,(H,20,22)/t15-,16+/m0/s1. The molecule has 22 heavy (non-hydrogen) atoms. The van der Waals surface area contributed by atoms with Gasteiger partial charge in [0.25, 0.3) is 5.91 Å². The van der Waals surface area contributed by atoms with Crippen molar-refractivity contribution >= 4 is 17.5 Å². The molecule has 1 fully saturated rings. The van der Waals surface area contributed by atoms with E-state index in [1.165, 1.54) is 0 Å². The van der Waals surface area contributed by atoms with E-state index in [-0.39, 0.29) is 11.9 Å². The molecule has 0 unspecified atom stereocenters. The Hall–Kier alpha value is -1.91. The number of pyridine rings is 1.